The molecule has 0 aliphatic rings. The Kier molecular flexibility index (Phi) is 10.9. The number of hydrogen-bond donors (Lipinski definition) is 4. The van der Waals surface area contributed by atoms with Crippen molar-refractivity contribution in [2.24, 2.45) is 0 Å². The van der Waals surface area contributed by atoms with Gasteiger partial charge in [-0.2, -0.15) is 0 Å². The normalized spacial score (nSPS) is 13.9. The first kappa shape index (κ1) is 27.2. The van der Waals surface area contributed by atoms with Crippen LogP contribution in [0.5, 0.6) is 0 Å². The van der Waals surface area contributed by atoms with Crippen LogP contribution in [-0.4, -0.2) is 57.6 Å². The minimum absolute atomic E-state index is 0.142. The largest absolute Gasteiger partial charge is 0.480 e. The first-order valence-electron chi connectivity index (χ1n) is 9.70. The van der Waals surface area contributed by atoms with E-state index in [-0.39, 0.29) is 12.8 Å². The fourth-order valence-corrected chi connectivity index (χ4v) is 2.18. The van der Waals surface area contributed by atoms with Gasteiger partial charge >= 0.3 is 24.1 Å². The van der Waals surface area contributed by atoms with Crippen molar-refractivity contribution in [3.63, 3.8) is 0 Å². The molecular weight excluding hydrogens is 396 g/mol. The van der Waals surface area contributed by atoms with Gasteiger partial charge in [0.25, 0.3) is 0 Å². The summed E-state index contributed by atoms with van der Waals surface area (Å²) in [4.78, 5) is 46.0. The summed E-state index contributed by atoms with van der Waals surface area (Å²) in [5.74, 6) is -2.36. The number of ether oxygens (including phenoxy) is 2. The molecule has 0 aromatic carbocycles. The van der Waals surface area contributed by atoms with Crippen molar-refractivity contribution in [1.82, 2.24) is 10.6 Å². The van der Waals surface area contributed by atoms with Crippen molar-refractivity contribution in [2.45, 2.75) is 90.5 Å². The Morgan fingerprint density at radius 1 is 0.733 bits per heavy atom. The van der Waals surface area contributed by atoms with Gasteiger partial charge in [0.1, 0.15) is 23.3 Å². The van der Waals surface area contributed by atoms with Crippen molar-refractivity contribution in [3.05, 3.63) is 12.2 Å². The maximum absolute atomic E-state index is 11.7. The van der Waals surface area contributed by atoms with Crippen LogP contribution in [0.25, 0.3) is 0 Å². The van der Waals surface area contributed by atoms with Gasteiger partial charge < -0.3 is 30.3 Å². The van der Waals surface area contributed by atoms with E-state index in [2.05, 4.69) is 10.6 Å². The number of nitrogens with one attached hydrogen (secondary N) is 2. The van der Waals surface area contributed by atoms with Crippen LogP contribution in [0.4, 0.5) is 9.59 Å². The fourth-order valence-electron chi connectivity index (χ4n) is 2.18. The SMILES string of the molecule is CC(C)(C)OC(=O)N[C@@H](CCC=CCC[C@H](NC(=O)OC(C)(C)C)C(=O)O)C(=O)O. The smallest absolute Gasteiger partial charge is 0.408 e. The molecule has 0 aromatic heterocycles. The summed E-state index contributed by atoms with van der Waals surface area (Å²) in [7, 11) is 0. The molecule has 0 bridgehead atoms. The first-order chi connectivity index (χ1) is 13.6. The number of amides is 2. The first-order valence-corrected chi connectivity index (χ1v) is 9.70. The van der Waals surface area contributed by atoms with Crippen molar-refractivity contribution in [1.29, 1.82) is 0 Å². The topological polar surface area (TPSA) is 151 Å². The maximum Gasteiger partial charge on any atom is 0.408 e. The molecule has 0 unspecified atom stereocenters. The lowest BCUT2D eigenvalue weighted by molar-refractivity contribution is -0.140. The molecule has 0 rings (SSSR count). The molecule has 2 atom stereocenters. The summed E-state index contributed by atoms with van der Waals surface area (Å²) in [6.45, 7) is 10.0. The Balaban J connectivity index is 4.46. The summed E-state index contributed by atoms with van der Waals surface area (Å²) in [5.41, 5.74) is -1.47. The van der Waals surface area contributed by atoms with Gasteiger partial charge in [-0.05, 0) is 67.2 Å². The van der Waals surface area contributed by atoms with E-state index in [1.807, 2.05) is 0 Å². The summed E-state index contributed by atoms with van der Waals surface area (Å²) in [6, 6.07) is -2.21. The molecule has 0 aliphatic heterocycles. The molecule has 4 N–H and O–H groups in total. The number of aliphatic carboxylic acids is 2. The van der Waals surface area contributed by atoms with Crippen molar-refractivity contribution < 1.29 is 38.9 Å². The van der Waals surface area contributed by atoms with Crippen molar-refractivity contribution in [2.75, 3.05) is 0 Å². The van der Waals surface area contributed by atoms with E-state index in [0.29, 0.717) is 12.8 Å². The second-order valence-corrected chi connectivity index (χ2v) is 8.70. The molecule has 0 heterocycles. The van der Waals surface area contributed by atoms with Crippen LogP contribution in [0.15, 0.2) is 12.2 Å². The summed E-state index contributed by atoms with van der Waals surface area (Å²) in [6.07, 6.45) is 2.76. The zero-order chi connectivity index (χ0) is 23.5. The Morgan fingerprint density at radius 2 is 1.03 bits per heavy atom. The van der Waals surface area contributed by atoms with Gasteiger partial charge in [0, 0.05) is 0 Å². The van der Waals surface area contributed by atoms with Crippen LogP contribution in [0.3, 0.4) is 0 Å². The summed E-state index contributed by atoms with van der Waals surface area (Å²) >= 11 is 0. The number of carboxylic acids is 2. The van der Waals surface area contributed by atoms with Gasteiger partial charge in [0.2, 0.25) is 0 Å². The Labute approximate surface area is 177 Å². The molecule has 0 fully saturated rings. The highest BCUT2D eigenvalue weighted by Crippen LogP contribution is 2.10. The average molecular weight is 430 g/mol. The number of rotatable bonds is 10. The monoisotopic (exact) mass is 430 g/mol. The summed E-state index contributed by atoms with van der Waals surface area (Å²) < 4.78 is 10.1. The van der Waals surface area contributed by atoms with Crippen molar-refractivity contribution in [3.8, 4) is 0 Å². The predicted octanol–water partition coefficient (Wildman–Crippen LogP) is 3.06. The highest BCUT2D eigenvalue weighted by molar-refractivity contribution is 5.80. The van der Waals surface area contributed by atoms with Gasteiger partial charge in [-0.25, -0.2) is 19.2 Å². The van der Waals surface area contributed by atoms with Crippen LogP contribution in [-0.2, 0) is 19.1 Å². The van der Waals surface area contributed by atoms with Gasteiger partial charge in [-0.15, -0.1) is 0 Å². The minimum Gasteiger partial charge on any atom is -0.480 e. The second-order valence-electron chi connectivity index (χ2n) is 8.70. The highest BCUT2D eigenvalue weighted by atomic mass is 16.6. The van der Waals surface area contributed by atoms with Crippen LogP contribution in [0.1, 0.15) is 67.2 Å². The van der Waals surface area contributed by atoms with Gasteiger partial charge in [-0.3, -0.25) is 0 Å². The standard InChI is InChI=1S/C20H34N2O8/c1-19(2,3)29-17(27)21-13(15(23)24)11-9-7-8-10-12-14(16(25)26)22-18(28)30-20(4,5)6/h7-8,13-14H,9-12H2,1-6H3,(H,21,27)(H,22,28)(H,23,24)(H,25,26)/t13-,14-/m0/s1. The quantitative estimate of drug-likeness (QED) is 0.386. The van der Waals surface area contributed by atoms with Gasteiger partial charge in [0.05, 0.1) is 0 Å². The number of alkyl carbamates (subject to hydrolysis) is 2. The molecular formula is C20H34N2O8. The van der Waals surface area contributed by atoms with E-state index >= 15 is 0 Å². The number of allylic oxidation sites excluding steroid dienone is 2. The van der Waals surface area contributed by atoms with Gasteiger partial charge in [0.15, 0.2) is 0 Å². The second kappa shape index (κ2) is 12.0. The maximum atomic E-state index is 11.7. The number of carboxylic acid groups (broad SMARTS) is 2. The van der Waals surface area contributed by atoms with Gasteiger partial charge in [-0.1, -0.05) is 12.2 Å². The Hall–Kier alpha value is -2.78. The van der Waals surface area contributed by atoms with Crippen LogP contribution < -0.4 is 10.6 Å². The minimum atomic E-state index is -1.18. The number of carbonyl (C=O) groups excluding carboxylic acids is 2. The number of carbonyl (C=O) groups is 4. The lowest BCUT2D eigenvalue weighted by atomic mass is 10.1. The van der Waals surface area contributed by atoms with E-state index in [1.54, 1.807) is 53.7 Å². The zero-order valence-electron chi connectivity index (χ0n) is 18.5. The number of hydrogen-bond acceptors (Lipinski definition) is 6. The fraction of sp³-hybridized carbons (Fsp3) is 0.700. The van der Waals surface area contributed by atoms with E-state index in [0.717, 1.165) is 0 Å². The average Bonchev–Trinajstić information content (AvgIpc) is 2.51. The third-order valence-corrected chi connectivity index (χ3v) is 3.39. The van der Waals surface area contributed by atoms with E-state index in [9.17, 15) is 29.4 Å². The molecule has 0 saturated carbocycles. The van der Waals surface area contributed by atoms with E-state index < -0.39 is 47.4 Å². The third kappa shape index (κ3) is 14.3. The molecule has 30 heavy (non-hydrogen) atoms. The summed E-state index contributed by atoms with van der Waals surface area (Å²) in [5, 5.41) is 23.0. The molecule has 10 nitrogen and oxygen atoms in total. The predicted molar refractivity (Wildman–Crippen MR) is 109 cm³/mol. The Bertz CT molecular complexity index is 578. The molecule has 0 saturated heterocycles. The van der Waals surface area contributed by atoms with Crippen molar-refractivity contribution >= 4 is 24.1 Å². The van der Waals surface area contributed by atoms with Crippen LogP contribution >= 0.6 is 0 Å². The lowest BCUT2D eigenvalue weighted by Gasteiger charge is -2.22. The molecule has 0 spiro atoms. The van der Waals surface area contributed by atoms with Crippen LogP contribution in [0, 0.1) is 0 Å². The zero-order valence-corrected chi connectivity index (χ0v) is 18.5. The van der Waals surface area contributed by atoms with E-state index in [1.165, 1.54) is 0 Å². The Morgan fingerprint density at radius 3 is 1.27 bits per heavy atom. The lowest BCUT2D eigenvalue weighted by Crippen LogP contribution is -2.43. The molecule has 0 radical (unpaired) electrons. The molecule has 2 amide bonds. The van der Waals surface area contributed by atoms with Crippen LogP contribution in [0.2, 0.25) is 0 Å². The molecule has 0 aromatic rings. The molecule has 10 heteroatoms. The van der Waals surface area contributed by atoms with E-state index in [4.69, 9.17) is 9.47 Å². The molecule has 172 valence electrons. The third-order valence-electron chi connectivity index (χ3n) is 3.39. The molecule has 0 aliphatic carbocycles. The highest BCUT2D eigenvalue weighted by Gasteiger charge is 2.24.